The van der Waals surface area contributed by atoms with Crippen molar-refractivity contribution in [2.75, 3.05) is 20.8 Å². The minimum atomic E-state index is -0.773. The number of hydrogen-bond donors (Lipinski definition) is 1. The van der Waals surface area contributed by atoms with Crippen LogP contribution in [0.2, 0.25) is 0 Å². The molecule has 1 aliphatic heterocycles. The van der Waals surface area contributed by atoms with Crippen LogP contribution in [0.5, 0.6) is 17.2 Å². The first-order valence-electron chi connectivity index (χ1n) is 10.8. The van der Waals surface area contributed by atoms with Crippen LogP contribution < -0.4 is 14.2 Å². The Morgan fingerprint density at radius 3 is 2.53 bits per heavy atom. The van der Waals surface area contributed by atoms with Crippen molar-refractivity contribution in [3.63, 3.8) is 0 Å². The molecule has 7 heteroatoms. The Balaban J connectivity index is 1.63. The van der Waals surface area contributed by atoms with Gasteiger partial charge in [-0.2, -0.15) is 0 Å². The van der Waals surface area contributed by atoms with Crippen molar-refractivity contribution < 1.29 is 33.6 Å². The zero-order valence-electron chi connectivity index (χ0n) is 18.6. The number of benzene rings is 2. The molecular weight excluding hydrogens is 412 g/mol. The topological polar surface area (TPSA) is 91.3 Å². The number of methoxy groups -OCH3 is 2. The largest absolute Gasteiger partial charge is 0.493 e. The van der Waals surface area contributed by atoms with Crippen molar-refractivity contribution in [1.82, 2.24) is 0 Å². The molecule has 1 saturated carbocycles. The lowest BCUT2D eigenvalue weighted by Gasteiger charge is -2.23. The third-order valence-electron chi connectivity index (χ3n) is 6.28. The second-order valence-corrected chi connectivity index (χ2v) is 8.82. The number of hydrogen-bond acceptors (Lipinski definition) is 6. The van der Waals surface area contributed by atoms with Crippen molar-refractivity contribution >= 4 is 11.9 Å². The highest BCUT2D eigenvalue weighted by Gasteiger charge is 2.45. The molecule has 1 atom stereocenters. The molecule has 2 aromatic rings. The van der Waals surface area contributed by atoms with E-state index in [0.717, 1.165) is 36.0 Å². The van der Waals surface area contributed by atoms with E-state index in [1.807, 2.05) is 31.2 Å². The van der Waals surface area contributed by atoms with Crippen LogP contribution in [0.3, 0.4) is 0 Å². The fraction of sp³-hybridized carbons (Fsp3) is 0.440. The number of esters is 1. The number of carboxylic acid groups (broad SMARTS) is 1. The van der Waals surface area contributed by atoms with Gasteiger partial charge >= 0.3 is 11.9 Å². The summed E-state index contributed by atoms with van der Waals surface area (Å²) in [4.78, 5) is 22.9. The molecule has 0 saturated heterocycles. The van der Waals surface area contributed by atoms with Crippen LogP contribution >= 0.6 is 0 Å². The number of cyclic esters (lactones) is 1. The number of carbonyl (C=O) groups is 2. The predicted octanol–water partition coefficient (Wildman–Crippen LogP) is 4.70. The average molecular weight is 440 g/mol. The summed E-state index contributed by atoms with van der Waals surface area (Å²) in [5, 5.41) is 9.09. The molecule has 7 nitrogen and oxygen atoms in total. The molecule has 0 aromatic heterocycles. The number of carboxylic acids is 1. The summed E-state index contributed by atoms with van der Waals surface area (Å²) in [5.74, 6) is 0.655. The van der Waals surface area contributed by atoms with E-state index in [1.165, 1.54) is 0 Å². The number of rotatable bonds is 10. The molecule has 1 aliphatic carbocycles. The maximum absolute atomic E-state index is 11.8. The van der Waals surface area contributed by atoms with Gasteiger partial charge in [-0.05, 0) is 55.0 Å². The van der Waals surface area contributed by atoms with Gasteiger partial charge in [0.25, 0.3) is 0 Å². The zero-order chi connectivity index (χ0) is 22.9. The fourth-order valence-electron chi connectivity index (χ4n) is 4.49. The Hall–Kier alpha value is -3.22. The van der Waals surface area contributed by atoms with Crippen LogP contribution in [0.1, 0.15) is 48.5 Å². The van der Waals surface area contributed by atoms with Gasteiger partial charge in [-0.15, -0.1) is 0 Å². The molecule has 0 radical (unpaired) electrons. The van der Waals surface area contributed by atoms with Crippen LogP contribution in [0.4, 0.5) is 0 Å². The first-order chi connectivity index (χ1) is 15.4. The molecule has 2 aromatic carbocycles. The molecule has 0 spiro atoms. The Morgan fingerprint density at radius 2 is 1.88 bits per heavy atom. The summed E-state index contributed by atoms with van der Waals surface area (Å²) in [5.41, 5.74) is 3.13. The van der Waals surface area contributed by atoms with Gasteiger partial charge in [0.1, 0.15) is 6.61 Å². The lowest BCUT2D eigenvalue weighted by molar-refractivity contribution is -0.138. The summed E-state index contributed by atoms with van der Waals surface area (Å²) >= 11 is 0. The highest BCUT2D eigenvalue weighted by Crippen LogP contribution is 2.53. The number of aliphatic carboxylic acids is 1. The Labute approximate surface area is 187 Å². The zero-order valence-corrected chi connectivity index (χ0v) is 18.6. The van der Waals surface area contributed by atoms with Gasteiger partial charge in [0.15, 0.2) is 11.5 Å². The molecule has 4 rings (SSSR count). The fourth-order valence-corrected chi connectivity index (χ4v) is 4.49. The molecule has 0 bridgehead atoms. The summed E-state index contributed by atoms with van der Waals surface area (Å²) in [6.45, 7) is 2.70. The maximum Gasteiger partial charge on any atom is 0.338 e. The van der Waals surface area contributed by atoms with Crippen LogP contribution in [-0.2, 0) is 16.1 Å². The molecule has 1 unspecified atom stereocenters. The molecule has 170 valence electrons. The van der Waals surface area contributed by atoms with Crippen LogP contribution in [0.15, 0.2) is 30.3 Å². The third-order valence-corrected chi connectivity index (χ3v) is 6.28. The second-order valence-electron chi connectivity index (χ2n) is 8.82. The van der Waals surface area contributed by atoms with E-state index in [0.29, 0.717) is 29.4 Å². The normalized spacial score (nSPS) is 16.7. The smallest absolute Gasteiger partial charge is 0.338 e. The van der Waals surface area contributed by atoms with Crippen LogP contribution in [0.25, 0.3) is 11.1 Å². The Kier molecular flexibility index (Phi) is 6.00. The van der Waals surface area contributed by atoms with Gasteiger partial charge in [-0.25, -0.2) is 4.79 Å². The van der Waals surface area contributed by atoms with Crippen molar-refractivity contribution in [3.8, 4) is 28.4 Å². The minimum Gasteiger partial charge on any atom is -0.493 e. The Bertz CT molecular complexity index is 1040. The lowest BCUT2D eigenvalue weighted by Crippen LogP contribution is -2.18. The maximum atomic E-state index is 11.8. The molecule has 1 N–H and O–H groups in total. The standard InChI is InChI=1S/C25H28O7/c1-15(10-21(26)27)12-25(8-9-25)14-32-22-18(6-7-20(29-2)23(22)30-3)16-4-5-19-17(11-16)13-31-24(19)28/h4-7,11,15H,8-10,12-14H2,1-3H3,(H,26,27). The van der Waals surface area contributed by atoms with Gasteiger partial charge in [-0.3, -0.25) is 4.79 Å². The quantitative estimate of drug-likeness (QED) is 0.535. The first-order valence-corrected chi connectivity index (χ1v) is 10.8. The summed E-state index contributed by atoms with van der Waals surface area (Å²) in [6.07, 6.45) is 2.98. The predicted molar refractivity (Wildman–Crippen MR) is 117 cm³/mol. The summed E-state index contributed by atoms with van der Waals surface area (Å²) in [7, 11) is 3.15. The van der Waals surface area contributed by atoms with E-state index in [2.05, 4.69) is 0 Å². The Morgan fingerprint density at radius 1 is 1.12 bits per heavy atom. The van der Waals surface area contributed by atoms with Crippen molar-refractivity contribution in [3.05, 3.63) is 41.5 Å². The molecule has 2 aliphatic rings. The average Bonchev–Trinajstić information content (AvgIpc) is 3.43. The number of fused-ring (bicyclic) bond motifs is 1. The highest BCUT2D eigenvalue weighted by atomic mass is 16.5. The van der Waals surface area contributed by atoms with E-state index in [9.17, 15) is 9.59 Å². The SMILES string of the molecule is COc1ccc(-c2ccc3c(c2)COC3=O)c(OCC2(CC(C)CC(=O)O)CC2)c1OC. The van der Waals surface area contributed by atoms with Gasteiger partial charge < -0.3 is 24.1 Å². The van der Waals surface area contributed by atoms with Crippen LogP contribution in [0, 0.1) is 11.3 Å². The third kappa shape index (κ3) is 4.38. The molecular formula is C25H28O7. The van der Waals surface area contributed by atoms with Gasteiger partial charge in [0.05, 0.1) is 26.4 Å². The van der Waals surface area contributed by atoms with E-state index < -0.39 is 5.97 Å². The van der Waals surface area contributed by atoms with Gasteiger partial charge in [0.2, 0.25) is 5.75 Å². The number of carbonyl (C=O) groups excluding carboxylic acids is 1. The van der Waals surface area contributed by atoms with Crippen molar-refractivity contribution in [1.29, 1.82) is 0 Å². The molecule has 0 amide bonds. The molecule has 1 fully saturated rings. The van der Waals surface area contributed by atoms with E-state index >= 15 is 0 Å². The molecule has 32 heavy (non-hydrogen) atoms. The second kappa shape index (κ2) is 8.73. The van der Waals surface area contributed by atoms with Crippen molar-refractivity contribution in [2.45, 2.75) is 39.2 Å². The van der Waals surface area contributed by atoms with Gasteiger partial charge in [0, 0.05) is 23.0 Å². The summed E-state index contributed by atoms with van der Waals surface area (Å²) in [6, 6.07) is 9.34. The van der Waals surface area contributed by atoms with Crippen molar-refractivity contribution in [2.24, 2.45) is 11.3 Å². The first kappa shape index (κ1) is 22.0. The van der Waals surface area contributed by atoms with E-state index in [1.54, 1.807) is 20.3 Å². The summed E-state index contributed by atoms with van der Waals surface area (Å²) < 4.78 is 22.6. The number of ether oxygens (including phenoxy) is 4. The monoisotopic (exact) mass is 440 g/mol. The minimum absolute atomic E-state index is 0.0155. The van der Waals surface area contributed by atoms with E-state index in [-0.39, 0.29) is 30.3 Å². The lowest BCUT2D eigenvalue weighted by atomic mass is 9.91. The van der Waals surface area contributed by atoms with Crippen LogP contribution in [-0.4, -0.2) is 37.9 Å². The van der Waals surface area contributed by atoms with E-state index in [4.69, 9.17) is 24.1 Å². The highest BCUT2D eigenvalue weighted by molar-refractivity contribution is 5.94. The van der Waals surface area contributed by atoms with Gasteiger partial charge in [-0.1, -0.05) is 13.0 Å². The molecule has 1 heterocycles.